The highest BCUT2D eigenvalue weighted by atomic mass is 79.9. The highest BCUT2D eigenvalue weighted by Crippen LogP contribution is 2.27. The molecule has 0 atom stereocenters. The van der Waals surface area contributed by atoms with Crippen molar-refractivity contribution in [2.24, 2.45) is 0 Å². The van der Waals surface area contributed by atoms with Gasteiger partial charge in [0.15, 0.2) is 17.3 Å². The Balaban J connectivity index is 1.35. The first-order valence-corrected chi connectivity index (χ1v) is 11.3. The Kier molecular flexibility index (Phi) is 7.21. The highest BCUT2D eigenvalue weighted by Gasteiger charge is 2.11. The first-order chi connectivity index (χ1) is 16.0. The van der Waals surface area contributed by atoms with Crippen LogP contribution in [0.2, 0.25) is 0 Å². The van der Waals surface area contributed by atoms with Crippen molar-refractivity contribution in [1.82, 2.24) is 10.3 Å². The molecule has 4 aromatic rings. The van der Waals surface area contributed by atoms with Gasteiger partial charge in [-0.15, -0.1) is 0 Å². The summed E-state index contributed by atoms with van der Waals surface area (Å²) < 4.78 is 17.7. The molecule has 1 aromatic heterocycles. The van der Waals surface area contributed by atoms with Crippen molar-refractivity contribution in [1.29, 1.82) is 0 Å². The number of carbonyl (C=O) groups excluding carboxylic acids is 1. The van der Waals surface area contributed by atoms with E-state index in [4.69, 9.17) is 26.1 Å². The third-order valence-electron chi connectivity index (χ3n) is 4.49. The summed E-state index contributed by atoms with van der Waals surface area (Å²) in [4.78, 5) is 16.7. The zero-order chi connectivity index (χ0) is 23.2. The van der Waals surface area contributed by atoms with Gasteiger partial charge >= 0.3 is 0 Å². The number of fused-ring (bicyclic) bond motifs is 1. The van der Waals surface area contributed by atoms with E-state index in [0.29, 0.717) is 35.0 Å². The van der Waals surface area contributed by atoms with E-state index >= 15 is 0 Å². The number of ether oxygens (including phenoxy) is 2. The molecule has 0 fully saturated rings. The number of carbonyl (C=O) groups is 1. The van der Waals surface area contributed by atoms with E-state index in [0.717, 1.165) is 15.8 Å². The number of rotatable bonds is 7. The van der Waals surface area contributed by atoms with Crippen LogP contribution in [0.1, 0.15) is 6.92 Å². The summed E-state index contributed by atoms with van der Waals surface area (Å²) in [5, 5.41) is 5.74. The maximum absolute atomic E-state index is 12.1. The van der Waals surface area contributed by atoms with E-state index in [1.54, 1.807) is 30.3 Å². The number of nitrogens with one attached hydrogen (secondary N) is 2. The van der Waals surface area contributed by atoms with Crippen LogP contribution in [0.4, 0.5) is 5.69 Å². The average Bonchev–Trinajstić information content (AvgIpc) is 3.23. The predicted molar refractivity (Wildman–Crippen MR) is 135 cm³/mol. The van der Waals surface area contributed by atoms with Gasteiger partial charge in [-0.05, 0) is 85.9 Å². The molecular weight excluding hydrogens is 506 g/mol. The molecule has 3 aromatic carbocycles. The van der Waals surface area contributed by atoms with Gasteiger partial charge in [0.05, 0.1) is 6.61 Å². The Hall–Kier alpha value is -3.43. The molecule has 0 saturated heterocycles. The highest BCUT2D eigenvalue weighted by molar-refractivity contribution is 9.10. The summed E-state index contributed by atoms with van der Waals surface area (Å²) in [7, 11) is 0. The Bertz CT molecular complexity index is 1270. The molecule has 1 heterocycles. The van der Waals surface area contributed by atoms with Crippen LogP contribution in [-0.4, -0.2) is 29.2 Å². The van der Waals surface area contributed by atoms with Crippen LogP contribution in [-0.2, 0) is 4.79 Å². The molecular formula is C24H20BrN3O4S. The maximum atomic E-state index is 12.1. The second kappa shape index (κ2) is 10.5. The zero-order valence-corrected chi connectivity index (χ0v) is 20.0. The monoisotopic (exact) mass is 525 g/mol. The molecule has 0 aliphatic heterocycles. The number of nitrogens with zero attached hydrogens (tertiary/aromatic N) is 1. The molecule has 7 nitrogen and oxygen atoms in total. The quantitative estimate of drug-likeness (QED) is 0.306. The zero-order valence-electron chi connectivity index (χ0n) is 17.6. The minimum Gasteiger partial charge on any atom is -0.494 e. The van der Waals surface area contributed by atoms with E-state index in [2.05, 4.69) is 31.5 Å². The van der Waals surface area contributed by atoms with Gasteiger partial charge in [-0.2, -0.15) is 0 Å². The molecule has 9 heteroatoms. The number of oxazole rings is 1. The van der Waals surface area contributed by atoms with E-state index in [1.165, 1.54) is 0 Å². The Morgan fingerprint density at radius 1 is 1.03 bits per heavy atom. The molecule has 4 rings (SSSR count). The Labute approximate surface area is 204 Å². The SMILES string of the molecule is CCOc1ccc(-c2nc3cc(NC(=S)NC(=O)COc4ccc(Br)cc4)ccc3o2)cc1. The van der Waals surface area contributed by atoms with Crippen LogP contribution < -0.4 is 20.1 Å². The van der Waals surface area contributed by atoms with Crippen molar-refractivity contribution in [3.8, 4) is 23.0 Å². The van der Waals surface area contributed by atoms with E-state index < -0.39 is 0 Å². The van der Waals surface area contributed by atoms with E-state index in [1.807, 2.05) is 43.3 Å². The van der Waals surface area contributed by atoms with Gasteiger partial charge in [0.25, 0.3) is 5.91 Å². The second-order valence-corrected chi connectivity index (χ2v) is 8.23. The second-order valence-electron chi connectivity index (χ2n) is 6.90. The lowest BCUT2D eigenvalue weighted by molar-refractivity contribution is -0.121. The van der Waals surface area contributed by atoms with Gasteiger partial charge in [0.2, 0.25) is 5.89 Å². The summed E-state index contributed by atoms with van der Waals surface area (Å²) >= 11 is 8.59. The molecule has 33 heavy (non-hydrogen) atoms. The number of amides is 1. The van der Waals surface area contributed by atoms with Crippen molar-refractivity contribution in [2.75, 3.05) is 18.5 Å². The molecule has 1 amide bonds. The van der Waals surface area contributed by atoms with Crippen LogP contribution in [0.25, 0.3) is 22.6 Å². The van der Waals surface area contributed by atoms with Gasteiger partial charge in [0, 0.05) is 15.7 Å². The number of hydrogen-bond acceptors (Lipinski definition) is 6. The van der Waals surface area contributed by atoms with Gasteiger partial charge in [-0.1, -0.05) is 15.9 Å². The Morgan fingerprint density at radius 2 is 1.73 bits per heavy atom. The fourth-order valence-electron chi connectivity index (χ4n) is 2.99. The molecule has 0 aliphatic rings. The normalized spacial score (nSPS) is 10.6. The smallest absolute Gasteiger partial charge is 0.264 e. The van der Waals surface area contributed by atoms with E-state index in [-0.39, 0.29) is 17.6 Å². The van der Waals surface area contributed by atoms with Crippen LogP contribution in [0.5, 0.6) is 11.5 Å². The maximum Gasteiger partial charge on any atom is 0.264 e. The largest absolute Gasteiger partial charge is 0.494 e. The van der Waals surface area contributed by atoms with Gasteiger partial charge < -0.3 is 19.2 Å². The van der Waals surface area contributed by atoms with Crippen molar-refractivity contribution in [2.45, 2.75) is 6.92 Å². The van der Waals surface area contributed by atoms with Crippen molar-refractivity contribution in [3.63, 3.8) is 0 Å². The molecule has 0 saturated carbocycles. The number of aromatic nitrogens is 1. The van der Waals surface area contributed by atoms with Crippen molar-refractivity contribution < 1.29 is 18.7 Å². The fraction of sp³-hybridized carbons (Fsp3) is 0.125. The van der Waals surface area contributed by atoms with Gasteiger partial charge in [-0.25, -0.2) is 4.98 Å². The molecule has 0 aliphatic carbocycles. The molecule has 0 radical (unpaired) electrons. The van der Waals surface area contributed by atoms with Gasteiger partial charge in [-0.3, -0.25) is 10.1 Å². The molecule has 0 spiro atoms. The summed E-state index contributed by atoms with van der Waals surface area (Å²) in [6, 6.07) is 20.1. The summed E-state index contributed by atoms with van der Waals surface area (Å²) in [5.41, 5.74) is 2.82. The standard InChI is InChI=1S/C24H20BrN3O4S/c1-2-30-18-8-3-15(4-9-18)23-27-20-13-17(7-12-21(20)32-23)26-24(33)28-22(29)14-31-19-10-5-16(25)6-11-19/h3-13H,2,14H2,1H3,(H2,26,28,29,33). The lowest BCUT2D eigenvalue weighted by Gasteiger charge is -2.10. The first kappa shape index (κ1) is 22.8. The van der Waals surface area contributed by atoms with Crippen LogP contribution in [0.3, 0.4) is 0 Å². The van der Waals surface area contributed by atoms with Crippen LogP contribution in [0, 0.1) is 0 Å². The van der Waals surface area contributed by atoms with Crippen molar-refractivity contribution >= 4 is 56.0 Å². The minimum absolute atomic E-state index is 0.156. The lowest BCUT2D eigenvalue weighted by atomic mass is 10.2. The lowest BCUT2D eigenvalue weighted by Crippen LogP contribution is -2.37. The summed E-state index contributed by atoms with van der Waals surface area (Å²) in [6.45, 7) is 2.39. The van der Waals surface area contributed by atoms with Crippen LogP contribution >= 0.6 is 28.1 Å². The third-order valence-corrected chi connectivity index (χ3v) is 5.23. The van der Waals surface area contributed by atoms with Crippen LogP contribution in [0.15, 0.2) is 75.6 Å². The molecule has 0 unspecified atom stereocenters. The first-order valence-electron chi connectivity index (χ1n) is 10.1. The fourth-order valence-corrected chi connectivity index (χ4v) is 3.49. The van der Waals surface area contributed by atoms with Gasteiger partial charge in [0.1, 0.15) is 17.0 Å². The topological polar surface area (TPSA) is 85.6 Å². The number of thiocarbonyl (C=S) groups is 1. The summed E-state index contributed by atoms with van der Waals surface area (Å²) in [5.74, 6) is 1.52. The molecule has 0 bridgehead atoms. The third kappa shape index (κ3) is 6.09. The van der Waals surface area contributed by atoms with Crippen molar-refractivity contribution in [3.05, 3.63) is 71.2 Å². The van der Waals surface area contributed by atoms with E-state index in [9.17, 15) is 4.79 Å². The number of anilines is 1. The molecule has 2 N–H and O–H groups in total. The molecule has 168 valence electrons. The number of benzene rings is 3. The Morgan fingerprint density at radius 3 is 2.45 bits per heavy atom. The average molecular weight is 526 g/mol. The predicted octanol–water partition coefficient (Wildman–Crippen LogP) is 5.55. The number of halogens is 1. The number of hydrogen-bond donors (Lipinski definition) is 2. The minimum atomic E-state index is -0.365. The summed E-state index contributed by atoms with van der Waals surface area (Å²) in [6.07, 6.45) is 0.